The number of sulfonamides is 1. The Balaban J connectivity index is 1.88. The molecule has 0 saturated carbocycles. The largest absolute Gasteiger partial charge is 0.342 e. The van der Waals surface area contributed by atoms with Crippen molar-refractivity contribution in [2.75, 3.05) is 19.6 Å². The molecule has 0 bridgehead atoms. The summed E-state index contributed by atoms with van der Waals surface area (Å²) in [7, 11) is -3.84. The molecule has 3 rings (SSSR count). The molecule has 0 radical (unpaired) electrons. The second kappa shape index (κ2) is 9.07. The number of carbonyl (C=O) groups excluding carboxylic acids is 1. The first-order valence-corrected chi connectivity index (χ1v) is 11.3. The van der Waals surface area contributed by atoms with Crippen molar-refractivity contribution in [1.29, 1.82) is 0 Å². The van der Waals surface area contributed by atoms with Crippen LogP contribution in [0.5, 0.6) is 0 Å². The Hall–Kier alpha value is -1.89. The lowest BCUT2D eigenvalue weighted by atomic mass is 10.1. The quantitative estimate of drug-likeness (QED) is 0.713. The van der Waals surface area contributed by atoms with Crippen molar-refractivity contribution < 1.29 is 13.2 Å². The van der Waals surface area contributed by atoms with Crippen LogP contribution in [-0.4, -0.2) is 43.2 Å². The normalized spacial score (nSPS) is 15.0. The van der Waals surface area contributed by atoms with Gasteiger partial charge >= 0.3 is 0 Å². The Labute approximate surface area is 172 Å². The monoisotopic (exact) mass is 420 g/mol. The van der Waals surface area contributed by atoms with Gasteiger partial charge in [0.1, 0.15) is 0 Å². The molecule has 7 heteroatoms. The van der Waals surface area contributed by atoms with Gasteiger partial charge in [-0.1, -0.05) is 41.4 Å². The summed E-state index contributed by atoms with van der Waals surface area (Å²) >= 11 is 5.91. The molecule has 0 unspecified atom stereocenters. The van der Waals surface area contributed by atoms with E-state index in [1.165, 1.54) is 16.4 Å². The fraction of sp³-hybridized carbons (Fsp3) is 0.381. The fourth-order valence-electron chi connectivity index (χ4n) is 3.39. The minimum Gasteiger partial charge on any atom is -0.342 e. The van der Waals surface area contributed by atoms with Gasteiger partial charge in [0.2, 0.25) is 15.9 Å². The minimum atomic E-state index is -3.84. The van der Waals surface area contributed by atoms with Gasteiger partial charge in [0, 0.05) is 24.7 Å². The summed E-state index contributed by atoms with van der Waals surface area (Å²) in [6.45, 7) is 3.32. The molecule has 2 aromatic rings. The molecule has 0 aromatic heterocycles. The molecule has 2 aromatic carbocycles. The Morgan fingerprint density at radius 3 is 2.39 bits per heavy atom. The van der Waals surface area contributed by atoms with Gasteiger partial charge in [-0.15, -0.1) is 0 Å². The maximum absolute atomic E-state index is 13.3. The zero-order valence-electron chi connectivity index (χ0n) is 16.0. The molecule has 0 N–H and O–H groups in total. The number of rotatable bonds is 6. The number of likely N-dealkylation sites (tertiary alicyclic amines) is 1. The molecule has 5 nitrogen and oxygen atoms in total. The first kappa shape index (κ1) is 20.8. The third kappa shape index (κ3) is 5.13. The van der Waals surface area contributed by atoms with Crippen LogP contribution in [0.3, 0.4) is 0 Å². The molecule has 0 spiro atoms. The lowest BCUT2D eigenvalue weighted by molar-refractivity contribution is -0.132. The van der Waals surface area contributed by atoms with Crippen molar-refractivity contribution in [2.24, 2.45) is 0 Å². The Morgan fingerprint density at radius 2 is 1.75 bits per heavy atom. The number of benzene rings is 2. The fourth-order valence-corrected chi connectivity index (χ4v) is 4.89. The molecule has 1 heterocycles. The zero-order chi connectivity index (χ0) is 20.1. The summed E-state index contributed by atoms with van der Waals surface area (Å²) in [5.41, 5.74) is 1.90. The Morgan fingerprint density at radius 1 is 1.07 bits per heavy atom. The van der Waals surface area contributed by atoms with E-state index in [0.29, 0.717) is 18.1 Å². The number of carbonyl (C=O) groups is 1. The number of aryl methyl sites for hydroxylation is 1. The predicted octanol–water partition coefficient (Wildman–Crippen LogP) is 3.85. The molecular formula is C21H25ClN2O3S. The van der Waals surface area contributed by atoms with Gasteiger partial charge in [-0.2, -0.15) is 4.31 Å². The first-order valence-electron chi connectivity index (χ1n) is 9.45. The van der Waals surface area contributed by atoms with E-state index in [2.05, 4.69) is 0 Å². The lowest BCUT2D eigenvalue weighted by Crippen LogP contribution is -2.44. The van der Waals surface area contributed by atoms with Gasteiger partial charge in [0.25, 0.3) is 0 Å². The summed E-state index contributed by atoms with van der Waals surface area (Å²) in [4.78, 5) is 14.7. The van der Waals surface area contributed by atoms with Gasteiger partial charge in [-0.05, 0) is 56.0 Å². The van der Waals surface area contributed by atoms with E-state index >= 15 is 0 Å². The molecule has 0 atom stereocenters. The van der Waals surface area contributed by atoms with E-state index in [1.54, 1.807) is 17.0 Å². The van der Waals surface area contributed by atoms with Crippen LogP contribution >= 0.6 is 11.6 Å². The molecule has 1 aliphatic heterocycles. The standard InChI is InChI=1S/C21H25ClN2O3S/c1-17-6-5-7-18(14-17)15-24(16-21(25)23-12-3-2-4-13-23)28(26,27)20-10-8-19(22)9-11-20/h5-11,14H,2-4,12-13,15-16H2,1H3. The number of nitrogens with zero attached hydrogens (tertiary/aromatic N) is 2. The number of piperidine rings is 1. The highest BCUT2D eigenvalue weighted by atomic mass is 35.5. The average Bonchev–Trinajstić information content (AvgIpc) is 2.68. The van der Waals surface area contributed by atoms with Crippen LogP contribution in [0.2, 0.25) is 5.02 Å². The van der Waals surface area contributed by atoms with Crippen LogP contribution in [-0.2, 0) is 21.4 Å². The molecule has 1 amide bonds. The van der Waals surface area contributed by atoms with Crippen LogP contribution in [0.15, 0.2) is 53.4 Å². The van der Waals surface area contributed by atoms with E-state index in [1.807, 2.05) is 31.2 Å². The lowest BCUT2D eigenvalue weighted by Gasteiger charge is -2.30. The Bertz CT molecular complexity index is 923. The number of halogens is 1. The van der Waals surface area contributed by atoms with Crippen molar-refractivity contribution in [3.8, 4) is 0 Å². The first-order chi connectivity index (χ1) is 13.4. The van der Waals surface area contributed by atoms with E-state index in [9.17, 15) is 13.2 Å². The second-order valence-corrected chi connectivity index (χ2v) is 9.53. The molecule has 1 fully saturated rings. The van der Waals surface area contributed by atoms with Crippen LogP contribution in [0.4, 0.5) is 0 Å². The number of hydrogen-bond acceptors (Lipinski definition) is 3. The third-order valence-electron chi connectivity index (χ3n) is 4.91. The molecule has 28 heavy (non-hydrogen) atoms. The van der Waals surface area contributed by atoms with Crippen LogP contribution < -0.4 is 0 Å². The van der Waals surface area contributed by atoms with E-state index in [0.717, 1.165) is 30.4 Å². The van der Waals surface area contributed by atoms with Crippen molar-refractivity contribution in [3.05, 3.63) is 64.7 Å². The van der Waals surface area contributed by atoms with Crippen LogP contribution in [0.1, 0.15) is 30.4 Å². The second-order valence-electron chi connectivity index (χ2n) is 7.16. The van der Waals surface area contributed by atoms with Gasteiger partial charge in [0.15, 0.2) is 0 Å². The maximum atomic E-state index is 13.3. The van der Waals surface area contributed by atoms with Crippen LogP contribution in [0.25, 0.3) is 0 Å². The predicted molar refractivity (Wildman–Crippen MR) is 111 cm³/mol. The van der Waals surface area contributed by atoms with Gasteiger partial charge < -0.3 is 4.90 Å². The van der Waals surface area contributed by atoms with Crippen molar-refractivity contribution >= 4 is 27.5 Å². The highest BCUT2D eigenvalue weighted by Gasteiger charge is 2.29. The van der Waals surface area contributed by atoms with Crippen molar-refractivity contribution in [1.82, 2.24) is 9.21 Å². The van der Waals surface area contributed by atoms with Crippen molar-refractivity contribution in [2.45, 2.75) is 37.6 Å². The summed E-state index contributed by atoms with van der Waals surface area (Å²) in [6, 6.07) is 13.7. The summed E-state index contributed by atoms with van der Waals surface area (Å²) in [5.74, 6) is -0.148. The smallest absolute Gasteiger partial charge is 0.243 e. The molecule has 0 aliphatic carbocycles. The number of hydrogen-bond donors (Lipinski definition) is 0. The van der Waals surface area contributed by atoms with Crippen LogP contribution in [0, 0.1) is 6.92 Å². The molecule has 1 saturated heterocycles. The highest BCUT2D eigenvalue weighted by molar-refractivity contribution is 7.89. The number of amides is 1. The summed E-state index contributed by atoms with van der Waals surface area (Å²) in [6.07, 6.45) is 3.04. The Kier molecular flexibility index (Phi) is 6.75. The van der Waals surface area contributed by atoms with E-state index in [4.69, 9.17) is 11.6 Å². The van der Waals surface area contributed by atoms with Gasteiger partial charge in [0.05, 0.1) is 11.4 Å². The molecular weight excluding hydrogens is 396 g/mol. The van der Waals surface area contributed by atoms with Crippen molar-refractivity contribution in [3.63, 3.8) is 0 Å². The molecule has 1 aliphatic rings. The molecule has 150 valence electrons. The van der Waals surface area contributed by atoms with Gasteiger partial charge in [-0.25, -0.2) is 8.42 Å². The SMILES string of the molecule is Cc1cccc(CN(CC(=O)N2CCCCC2)S(=O)(=O)c2ccc(Cl)cc2)c1. The minimum absolute atomic E-state index is 0.135. The summed E-state index contributed by atoms with van der Waals surface area (Å²) < 4.78 is 27.8. The van der Waals surface area contributed by atoms with E-state index in [-0.39, 0.29) is 23.9 Å². The summed E-state index contributed by atoms with van der Waals surface area (Å²) in [5, 5.41) is 0.466. The average molecular weight is 421 g/mol. The topological polar surface area (TPSA) is 57.7 Å². The zero-order valence-corrected chi connectivity index (χ0v) is 17.5. The maximum Gasteiger partial charge on any atom is 0.243 e. The third-order valence-corrected chi connectivity index (χ3v) is 6.97. The van der Waals surface area contributed by atoms with Gasteiger partial charge in [-0.3, -0.25) is 4.79 Å². The van der Waals surface area contributed by atoms with E-state index < -0.39 is 10.0 Å². The highest BCUT2D eigenvalue weighted by Crippen LogP contribution is 2.21.